The van der Waals surface area contributed by atoms with Crippen molar-refractivity contribution < 1.29 is 11.6 Å². The van der Waals surface area contributed by atoms with Crippen molar-refractivity contribution in [2.45, 2.75) is 32.6 Å². The summed E-state index contributed by atoms with van der Waals surface area (Å²) in [4.78, 5) is 11.8. The fraction of sp³-hybridized carbons (Fsp3) is 0.400. The van der Waals surface area contributed by atoms with Crippen LogP contribution >= 0.6 is 11.6 Å². The Balaban J connectivity index is 2.38. The number of allylic oxidation sites excluding steroid dienone is 1. The zero-order valence-corrected chi connectivity index (χ0v) is 10.7. The van der Waals surface area contributed by atoms with Crippen LogP contribution < -0.4 is 5.73 Å². The van der Waals surface area contributed by atoms with E-state index in [1.54, 1.807) is 6.92 Å². The van der Waals surface area contributed by atoms with E-state index >= 15 is 0 Å². The van der Waals surface area contributed by atoms with Crippen LogP contribution in [0.4, 0.5) is 0 Å². The molecular formula is C15H16ClNO. The number of hydrogen-bond donors (Lipinski definition) is 1. The zero-order chi connectivity index (χ0) is 17.3. The van der Waals surface area contributed by atoms with Gasteiger partial charge in [0, 0.05) is 9.13 Å². The fourth-order valence-corrected chi connectivity index (χ4v) is 2.71. The highest BCUT2D eigenvalue weighted by Gasteiger charge is 2.33. The van der Waals surface area contributed by atoms with Crippen molar-refractivity contribution in [3.63, 3.8) is 0 Å². The van der Waals surface area contributed by atoms with Gasteiger partial charge in [-0.3, -0.25) is 4.79 Å². The number of amides is 1. The average molecular weight is 267 g/mol. The van der Waals surface area contributed by atoms with Crippen LogP contribution in [0, 0.1) is 12.8 Å². The maximum atomic E-state index is 11.8. The second-order valence-electron chi connectivity index (χ2n) is 4.59. The minimum atomic E-state index is -1.78. The van der Waals surface area contributed by atoms with Gasteiger partial charge in [0.1, 0.15) is 0 Å². The molecule has 1 amide bonds. The van der Waals surface area contributed by atoms with Crippen molar-refractivity contribution in [3.8, 4) is 0 Å². The predicted octanol–water partition coefficient (Wildman–Crippen LogP) is 3.24. The van der Waals surface area contributed by atoms with E-state index < -0.39 is 18.2 Å². The van der Waals surface area contributed by atoms with Crippen LogP contribution in [0.3, 0.4) is 0 Å². The molecule has 1 aromatic rings. The Kier molecular flexibility index (Phi) is 1.68. The lowest BCUT2D eigenvalue weighted by molar-refractivity contribution is -0.121. The third-order valence-electron chi connectivity index (χ3n) is 3.45. The maximum absolute atomic E-state index is 11.8. The molecule has 2 N–H and O–H groups in total. The first-order valence-electron chi connectivity index (χ1n) is 8.35. The lowest BCUT2D eigenvalue weighted by Gasteiger charge is -2.22. The molecule has 0 aromatic heterocycles. The smallest absolute Gasteiger partial charge is 0.224 e. The monoisotopic (exact) mass is 266 g/mol. The van der Waals surface area contributed by atoms with Gasteiger partial charge in [0.2, 0.25) is 5.91 Å². The molecule has 2 aliphatic rings. The highest BCUT2D eigenvalue weighted by Crippen LogP contribution is 2.45. The molecule has 3 heteroatoms. The van der Waals surface area contributed by atoms with Gasteiger partial charge in [-0.2, -0.15) is 0 Å². The quantitative estimate of drug-likeness (QED) is 0.833. The first kappa shape index (κ1) is 7.34. The summed E-state index contributed by atoms with van der Waals surface area (Å²) < 4.78 is 41.5. The highest BCUT2D eigenvalue weighted by molar-refractivity contribution is 6.31. The van der Waals surface area contributed by atoms with Crippen molar-refractivity contribution in [2.75, 3.05) is 0 Å². The van der Waals surface area contributed by atoms with Crippen molar-refractivity contribution in [1.82, 2.24) is 0 Å². The van der Waals surface area contributed by atoms with Crippen LogP contribution in [0.5, 0.6) is 0 Å². The number of hydrogen-bond acceptors (Lipinski definition) is 1. The van der Waals surface area contributed by atoms with Crippen LogP contribution in [-0.2, 0) is 11.2 Å². The van der Waals surface area contributed by atoms with Crippen molar-refractivity contribution in [2.24, 2.45) is 11.6 Å². The number of rotatable bonds is 1. The van der Waals surface area contributed by atoms with Gasteiger partial charge in [-0.15, -0.1) is 0 Å². The van der Waals surface area contributed by atoms with Gasteiger partial charge in [-0.05, 0) is 66.4 Å². The first-order chi connectivity index (χ1) is 10.5. The van der Waals surface area contributed by atoms with Crippen LogP contribution in [0.25, 0.3) is 5.57 Å². The first-order valence-corrected chi connectivity index (χ1v) is 6.22. The molecule has 94 valence electrons. The Morgan fingerprint density at radius 1 is 1.67 bits per heavy atom. The molecule has 18 heavy (non-hydrogen) atoms. The molecule has 0 spiro atoms. The lowest BCUT2D eigenvalue weighted by atomic mass is 9.82. The topological polar surface area (TPSA) is 43.1 Å². The van der Waals surface area contributed by atoms with E-state index in [1.807, 2.05) is 0 Å². The van der Waals surface area contributed by atoms with Crippen molar-refractivity contribution in [1.29, 1.82) is 0 Å². The number of benzene rings is 1. The minimum Gasteiger partial charge on any atom is -0.369 e. The molecule has 0 heterocycles. The Hall–Kier alpha value is -1.28. The molecule has 0 radical (unpaired) electrons. The minimum absolute atomic E-state index is 0.00443. The van der Waals surface area contributed by atoms with Crippen molar-refractivity contribution >= 4 is 23.1 Å². The van der Waals surface area contributed by atoms with E-state index in [2.05, 4.69) is 0 Å². The Morgan fingerprint density at radius 3 is 3.17 bits per heavy atom. The van der Waals surface area contributed by atoms with Gasteiger partial charge >= 0.3 is 0 Å². The van der Waals surface area contributed by atoms with Crippen LogP contribution in [0.2, 0.25) is 5.02 Å². The van der Waals surface area contributed by atoms with E-state index in [1.165, 1.54) is 0 Å². The standard InChI is InChI=1S/C15H16ClNO/c1-8-5-9-6-13-10(12(9)7-14(8)16)3-2-4-11(13)15(17)18/h5,7,11H,2-4,6H2,1H3,(H2,17,18)/i3D2,5D,7D,11D. The number of fused-ring (bicyclic) bond motifs is 2. The summed E-state index contributed by atoms with van der Waals surface area (Å²) in [5.74, 6) is -2.52. The second-order valence-corrected chi connectivity index (χ2v) is 4.97. The number of carbonyl (C=O) groups excluding carboxylic acids is 1. The van der Waals surface area contributed by atoms with Gasteiger partial charge in [-0.25, -0.2) is 0 Å². The van der Waals surface area contributed by atoms with E-state index in [0.29, 0.717) is 11.1 Å². The molecule has 2 aliphatic carbocycles. The molecular weight excluding hydrogens is 246 g/mol. The van der Waals surface area contributed by atoms with Crippen LogP contribution in [0.15, 0.2) is 17.7 Å². The average Bonchev–Trinajstić information content (AvgIpc) is 2.90. The van der Waals surface area contributed by atoms with E-state index in [9.17, 15) is 4.79 Å². The summed E-state index contributed by atoms with van der Waals surface area (Å²) >= 11 is 6.13. The largest absolute Gasteiger partial charge is 0.369 e. The zero-order valence-electron chi connectivity index (χ0n) is 15.0. The SMILES string of the molecule is [2H]c1c(C)c(Cl)c([2H])c2c1CC1=C2C([2H])([2H])CCC1([2H])C(N)=O. The Labute approximate surface area is 119 Å². The van der Waals surface area contributed by atoms with E-state index in [0.717, 1.165) is 0 Å². The summed E-state index contributed by atoms with van der Waals surface area (Å²) in [5.41, 5.74) is 7.03. The number of nitrogens with two attached hydrogens (primary N) is 1. The lowest BCUT2D eigenvalue weighted by Crippen LogP contribution is -2.27. The maximum Gasteiger partial charge on any atom is 0.224 e. The Bertz CT molecular complexity index is 789. The van der Waals surface area contributed by atoms with Gasteiger partial charge in [0.25, 0.3) is 0 Å². The molecule has 2 nitrogen and oxygen atoms in total. The normalized spacial score (nSPS) is 32.7. The third-order valence-corrected chi connectivity index (χ3v) is 3.83. The molecule has 0 aliphatic heterocycles. The molecule has 1 atom stereocenters. The fourth-order valence-electron chi connectivity index (χ4n) is 2.57. The molecule has 0 saturated carbocycles. The van der Waals surface area contributed by atoms with Gasteiger partial charge in [0.15, 0.2) is 0 Å². The second kappa shape index (κ2) is 4.13. The van der Waals surface area contributed by atoms with E-state index in [4.69, 9.17) is 24.2 Å². The van der Waals surface area contributed by atoms with Crippen LogP contribution in [0.1, 0.15) is 42.8 Å². The van der Waals surface area contributed by atoms with Crippen LogP contribution in [-0.4, -0.2) is 5.91 Å². The van der Waals surface area contributed by atoms with Gasteiger partial charge < -0.3 is 5.73 Å². The molecule has 1 unspecified atom stereocenters. The summed E-state index contributed by atoms with van der Waals surface area (Å²) in [5, 5.41) is 0.110. The summed E-state index contributed by atoms with van der Waals surface area (Å²) in [7, 11) is 0. The third kappa shape index (κ3) is 1.67. The number of carbonyl (C=O) groups is 1. The molecule has 0 saturated heterocycles. The van der Waals surface area contributed by atoms with Gasteiger partial charge in [-0.1, -0.05) is 17.6 Å². The molecule has 0 fully saturated rings. The predicted molar refractivity (Wildman–Crippen MR) is 73.3 cm³/mol. The Morgan fingerprint density at radius 2 is 2.44 bits per heavy atom. The molecule has 1 aromatic carbocycles. The highest BCUT2D eigenvalue weighted by atomic mass is 35.5. The summed E-state index contributed by atoms with van der Waals surface area (Å²) in [6.45, 7) is 1.64. The van der Waals surface area contributed by atoms with E-state index in [-0.39, 0.29) is 53.1 Å². The summed E-state index contributed by atoms with van der Waals surface area (Å²) in [6.07, 6.45) is -1.72. The summed E-state index contributed by atoms with van der Waals surface area (Å²) in [6, 6.07) is 0.0933. The molecule has 3 rings (SSSR count). The van der Waals surface area contributed by atoms with Gasteiger partial charge in [0.05, 0.1) is 8.64 Å². The number of primary amides is 1. The molecule has 0 bridgehead atoms. The number of halogens is 1. The van der Waals surface area contributed by atoms with Crippen molar-refractivity contribution in [3.05, 3.63) is 39.4 Å².